The largest absolute Gasteiger partial charge is 0.312 e. The zero-order valence-corrected chi connectivity index (χ0v) is 14.1. The van der Waals surface area contributed by atoms with Crippen molar-refractivity contribution in [3.05, 3.63) is 0 Å². The van der Waals surface area contributed by atoms with Gasteiger partial charge in [-0.2, -0.15) is 0 Å². The topological polar surface area (TPSA) is 18.5 Å². The molecule has 118 valence electrons. The molecule has 0 aromatic heterocycles. The third-order valence-electron chi connectivity index (χ3n) is 4.84. The van der Waals surface area contributed by atoms with Crippen LogP contribution in [-0.2, 0) is 0 Å². The standard InChI is InChI=1S/C17H35N3/c1-15-13-20-12-8-9-16(20)14-19(15)11-7-5-6-10-18-17(2,3)4/h15-16,18H,5-14H2,1-4H3. The Morgan fingerprint density at radius 3 is 2.65 bits per heavy atom. The van der Waals surface area contributed by atoms with Crippen molar-refractivity contribution in [3.63, 3.8) is 0 Å². The number of fused-ring (bicyclic) bond motifs is 1. The summed E-state index contributed by atoms with van der Waals surface area (Å²) in [6.07, 6.45) is 6.89. The highest BCUT2D eigenvalue weighted by molar-refractivity contribution is 4.90. The first-order valence-corrected chi connectivity index (χ1v) is 8.69. The molecule has 0 radical (unpaired) electrons. The first-order valence-electron chi connectivity index (χ1n) is 8.69. The molecule has 2 aliphatic heterocycles. The van der Waals surface area contributed by atoms with Gasteiger partial charge in [0.25, 0.3) is 0 Å². The van der Waals surface area contributed by atoms with E-state index in [2.05, 4.69) is 42.8 Å². The second-order valence-corrected chi connectivity index (χ2v) is 7.87. The molecule has 20 heavy (non-hydrogen) atoms. The van der Waals surface area contributed by atoms with Crippen molar-refractivity contribution in [2.45, 2.75) is 77.4 Å². The fourth-order valence-electron chi connectivity index (χ4n) is 3.64. The van der Waals surface area contributed by atoms with Crippen molar-refractivity contribution in [3.8, 4) is 0 Å². The minimum Gasteiger partial charge on any atom is -0.312 e. The molecule has 2 atom stereocenters. The fraction of sp³-hybridized carbons (Fsp3) is 1.00. The predicted octanol–water partition coefficient (Wildman–Crippen LogP) is 2.71. The maximum absolute atomic E-state index is 3.58. The van der Waals surface area contributed by atoms with Gasteiger partial charge in [0.2, 0.25) is 0 Å². The van der Waals surface area contributed by atoms with E-state index in [9.17, 15) is 0 Å². The van der Waals surface area contributed by atoms with E-state index in [0.717, 1.165) is 18.6 Å². The quantitative estimate of drug-likeness (QED) is 0.755. The summed E-state index contributed by atoms with van der Waals surface area (Å²) < 4.78 is 0. The second kappa shape index (κ2) is 7.24. The molecule has 3 nitrogen and oxygen atoms in total. The Balaban J connectivity index is 1.57. The molecule has 0 aliphatic carbocycles. The summed E-state index contributed by atoms with van der Waals surface area (Å²) in [5.74, 6) is 0. The minimum absolute atomic E-state index is 0.271. The number of unbranched alkanes of at least 4 members (excludes halogenated alkanes) is 2. The molecule has 2 saturated heterocycles. The van der Waals surface area contributed by atoms with Crippen LogP contribution >= 0.6 is 0 Å². The summed E-state index contributed by atoms with van der Waals surface area (Å²) in [6.45, 7) is 15.6. The maximum atomic E-state index is 3.58. The Morgan fingerprint density at radius 2 is 1.90 bits per heavy atom. The van der Waals surface area contributed by atoms with Crippen LogP contribution in [0.1, 0.15) is 59.8 Å². The summed E-state index contributed by atoms with van der Waals surface area (Å²) in [6, 6.07) is 1.63. The molecule has 3 heteroatoms. The summed E-state index contributed by atoms with van der Waals surface area (Å²) in [5, 5.41) is 3.58. The zero-order valence-electron chi connectivity index (χ0n) is 14.1. The number of nitrogens with one attached hydrogen (secondary N) is 1. The van der Waals surface area contributed by atoms with E-state index in [4.69, 9.17) is 0 Å². The first kappa shape index (κ1) is 16.3. The summed E-state index contributed by atoms with van der Waals surface area (Å²) >= 11 is 0. The van der Waals surface area contributed by atoms with Gasteiger partial charge in [-0.15, -0.1) is 0 Å². The monoisotopic (exact) mass is 281 g/mol. The number of nitrogens with zero attached hydrogens (tertiary/aromatic N) is 2. The molecule has 2 rings (SSSR count). The molecule has 0 aromatic carbocycles. The molecular formula is C17H35N3. The molecule has 0 amide bonds. The zero-order chi connectivity index (χ0) is 14.6. The van der Waals surface area contributed by atoms with Crippen LogP contribution in [0.2, 0.25) is 0 Å². The van der Waals surface area contributed by atoms with Gasteiger partial charge in [-0.25, -0.2) is 0 Å². The highest BCUT2D eigenvalue weighted by Crippen LogP contribution is 2.24. The van der Waals surface area contributed by atoms with Gasteiger partial charge < -0.3 is 5.32 Å². The van der Waals surface area contributed by atoms with Crippen LogP contribution in [0.15, 0.2) is 0 Å². The van der Waals surface area contributed by atoms with Gasteiger partial charge in [0.1, 0.15) is 0 Å². The van der Waals surface area contributed by atoms with E-state index >= 15 is 0 Å². The number of hydrogen-bond donors (Lipinski definition) is 1. The fourth-order valence-corrected chi connectivity index (χ4v) is 3.64. The molecule has 0 saturated carbocycles. The van der Waals surface area contributed by atoms with Crippen LogP contribution in [0.25, 0.3) is 0 Å². The lowest BCUT2D eigenvalue weighted by Crippen LogP contribution is -2.54. The molecule has 1 N–H and O–H groups in total. The summed E-state index contributed by atoms with van der Waals surface area (Å²) in [7, 11) is 0. The van der Waals surface area contributed by atoms with Crippen LogP contribution in [-0.4, -0.2) is 60.1 Å². The van der Waals surface area contributed by atoms with Crippen molar-refractivity contribution in [1.29, 1.82) is 0 Å². The van der Waals surface area contributed by atoms with Crippen LogP contribution < -0.4 is 5.32 Å². The minimum atomic E-state index is 0.271. The molecule has 2 heterocycles. The number of rotatable bonds is 6. The van der Waals surface area contributed by atoms with Crippen molar-refractivity contribution in [2.75, 3.05) is 32.7 Å². The second-order valence-electron chi connectivity index (χ2n) is 7.87. The van der Waals surface area contributed by atoms with E-state index in [1.807, 2.05) is 0 Å². The predicted molar refractivity (Wildman–Crippen MR) is 87.2 cm³/mol. The highest BCUT2D eigenvalue weighted by atomic mass is 15.3. The molecule has 2 aliphatic rings. The molecule has 0 spiro atoms. The van der Waals surface area contributed by atoms with Crippen LogP contribution in [0, 0.1) is 0 Å². The molecular weight excluding hydrogens is 246 g/mol. The Kier molecular flexibility index (Phi) is 5.88. The number of hydrogen-bond acceptors (Lipinski definition) is 3. The third kappa shape index (κ3) is 5.01. The Labute approximate surface area is 126 Å². The average Bonchev–Trinajstić information content (AvgIpc) is 2.79. The Bertz CT molecular complexity index is 284. The molecule has 0 aromatic rings. The van der Waals surface area contributed by atoms with Crippen LogP contribution in [0.4, 0.5) is 0 Å². The van der Waals surface area contributed by atoms with E-state index in [0.29, 0.717) is 0 Å². The first-order chi connectivity index (χ1) is 9.46. The lowest BCUT2D eigenvalue weighted by Gasteiger charge is -2.42. The van der Waals surface area contributed by atoms with Gasteiger partial charge in [-0.1, -0.05) is 6.42 Å². The van der Waals surface area contributed by atoms with Crippen LogP contribution in [0.5, 0.6) is 0 Å². The highest BCUT2D eigenvalue weighted by Gasteiger charge is 2.33. The van der Waals surface area contributed by atoms with Gasteiger partial charge >= 0.3 is 0 Å². The third-order valence-corrected chi connectivity index (χ3v) is 4.84. The molecule has 0 bridgehead atoms. The maximum Gasteiger partial charge on any atom is 0.0224 e. The van der Waals surface area contributed by atoms with Crippen molar-refractivity contribution in [1.82, 2.24) is 15.1 Å². The number of piperazine rings is 1. The van der Waals surface area contributed by atoms with Gasteiger partial charge in [-0.05, 0) is 73.0 Å². The summed E-state index contributed by atoms with van der Waals surface area (Å²) in [5.41, 5.74) is 0.271. The van der Waals surface area contributed by atoms with E-state index < -0.39 is 0 Å². The van der Waals surface area contributed by atoms with E-state index in [1.54, 1.807) is 0 Å². The van der Waals surface area contributed by atoms with E-state index in [1.165, 1.54) is 58.3 Å². The Morgan fingerprint density at radius 1 is 1.10 bits per heavy atom. The lowest BCUT2D eigenvalue weighted by molar-refractivity contribution is 0.0583. The normalized spacial score (nSPS) is 28.8. The van der Waals surface area contributed by atoms with E-state index in [-0.39, 0.29) is 5.54 Å². The van der Waals surface area contributed by atoms with Crippen molar-refractivity contribution >= 4 is 0 Å². The molecule has 2 fully saturated rings. The van der Waals surface area contributed by atoms with Gasteiger partial charge in [0.15, 0.2) is 0 Å². The van der Waals surface area contributed by atoms with Crippen molar-refractivity contribution in [2.24, 2.45) is 0 Å². The average molecular weight is 281 g/mol. The Hall–Kier alpha value is -0.120. The van der Waals surface area contributed by atoms with Gasteiger partial charge in [-0.3, -0.25) is 9.80 Å². The SMILES string of the molecule is CC1CN2CCCC2CN1CCCCCNC(C)(C)C. The molecule has 2 unspecified atom stereocenters. The van der Waals surface area contributed by atoms with Gasteiger partial charge in [0, 0.05) is 30.7 Å². The smallest absolute Gasteiger partial charge is 0.0224 e. The lowest BCUT2D eigenvalue weighted by atomic mass is 10.1. The van der Waals surface area contributed by atoms with Crippen LogP contribution in [0.3, 0.4) is 0 Å². The summed E-state index contributed by atoms with van der Waals surface area (Å²) in [4.78, 5) is 5.46. The van der Waals surface area contributed by atoms with Gasteiger partial charge in [0.05, 0.1) is 0 Å². The van der Waals surface area contributed by atoms with Crippen molar-refractivity contribution < 1.29 is 0 Å².